The van der Waals surface area contributed by atoms with Gasteiger partial charge in [-0.05, 0) is 42.8 Å². The number of amides is 1. The average molecular weight is 302 g/mol. The number of hydrogen-bond acceptors (Lipinski definition) is 3. The first-order valence-corrected chi connectivity index (χ1v) is 7.72. The second kappa shape index (κ2) is 7.13. The molecule has 1 N–H and O–H groups in total. The van der Waals surface area contributed by atoms with Gasteiger partial charge in [0.1, 0.15) is 0 Å². The molecule has 21 heavy (non-hydrogen) atoms. The maximum absolute atomic E-state index is 12.0. The number of nitrogens with one attached hydrogen (secondary N) is 1. The Morgan fingerprint density at radius 2 is 2.00 bits per heavy atom. The highest BCUT2D eigenvalue weighted by Gasteiger charge is 2.13. The van der Waals surface area contributed by atoms with Gasteiger partial charge in [-0.3, -0.25) is 4.79 Å². The van der Waals surface area contributed by atoms with Gasteiger partial charge in [0, 0.05) is 12.1 Å². The molecule has 0 aliphatic carbocycles. The number of hydrogen-bond donors (Lipinski definition) is 1. The Balaban J connectivity index is 1.90. The second-order valence-electron chi connectivity index (χ2n) is 4.80. The van der Waals surface area contributed by atoms with Crippen LogP contribution < -0.4 is 10.0 Å². The molecular formula is C16H18N2O2S. The number of benzene rings is 1. The van der Waals surface area contributed by atoms with Crippen molar-refractivity contribution in [2.45, 2.75) is 24.9 Å². The van der Waals surface area contributed by atoms with E-state index in [9.17, 15) is 10.0 Å². The van der Waals surface area contributed by atoms with E-state index in [4.69, 9.17) is 0 Å². The lowest BCUT2D eigenvalue weighted by Crippen LogP contribution is -2.31. The van der Waals surface area contributed by atoms with Crippen molar-refractivity contribution < 1.29 is 9.52 Å². The van der Waals surface area contributed by atoms with Gasteiger partial charge in [-0.25, -0.2) is 0 Å². The first kappa shape index (κ1) is 15.4. The fraction of sp³-hybridized carbons (Fsp3) is 0.250. The number of carbonyl (C=O) groups is 1. The third-order valence-electron chi connectivity index (χ3n) is 3.17. The van der Waals surface area contributed by atoms with E-state index < -0.39 is 0 Å². The lowest BCUT2D eigenvalue weighted by atomic mass is 10.0. The first-order chi connectivity index (χ1) is 10.1. The summed E-state index contributed by atoms with van der Waals surface area (Å²) in [6.45, 7) is 3.98. The number of aromatic nitrogens is 1. The van der Waals surface area contributed by atoms with Crippen LogP contribution in [0, 0.1) is 12.1 Å². The number of pyridine rings is 1. The van der Waals surface area contributed by atoms with Gasteiger partial charge in [0.2, 0.25) is 5.91 Å². The molecule has 0 spiro atoms. The van der Waals surface area contributed by atoms with Gasteiger partial charge in [0.25, 0.3) is 5.03 Å². The van der Waals surface area contributed by atoms with Crippen LogP contribution in [0.4, 0.5) is 0 Å². The largest absolute Gasteiger partial charge is 0.618 e. The molecule has 4 nitrogen and oxygen atoms in total. The quantitative estimate of drug-likeness (QED) is 0.525. The Morgan fingerprint density at radius 3 is 2.71 bits per heavy atom. The lowest BCUT2D eigenvalue weighted by Gasteiger charge is -2.16. The van der Waals surface area contributed by atoms with Gasteiger partial charge in [-0.15, -0.1) is 0 Å². The molecule has 2 aromatic rings. The zero-order valence-electron chi connectivity index (χ0n) is 12.1. The summed E-state index contributed by atoms with van der Waals surface area (Å²) in [5.41, 5.74) is 2.26. The van der Waals surface area contributed by atoms with Crippen molar-refractivity contribution in [3.8, 4) is 0 Å². The Bertz CT molecular complexity index is 631. The van der Waals surface area contributed by atoms with E-state index in [1.165, 1.54) is 18.0 Å². The topological polar surface area (TPSA) is 56.0 Å². The van der Waals surface area contributed by atoms with Crippen LogP contribution in [0.1, 0.15) is 24.1 Å². The summed E-state index contributed by atoms with van der Waals surface area (Å²) in [6.07, 6.45) is 1.43. The number of thioether (sulfide) groups is 1. The van der Waals surface area contributed by atoms with E-state index in [1.807, 2.05) is 38.1 Å². The van der Waals surface area contributed by atoms with E-state index in [1.54, 1.807) is 18.2 Å². The predicted molar refractivity (Wildman–Crippen MR) is 83.9 cm³/mol. The van der Waals surface area contributed by atoms with E-state index in [2.05, 4.69) is 5.32 Å². The molecule has 5 heteroatoms. The molecule has 0 radical (unpaired) electrons. The molecule has 110 valence electrons. The summed E-state index contributed by atoms with van der Waals surface area (Å²) >= 11 is 1.23. The van der Waals surface area contributed by atoms with E-state index in [0.29, 0.717) is 5.03 Å². The minimum Gasteiger partial charge on any atom is -0.618 e. The lowest BCUT2D eigenvalue weighted by molar-refractivity contribution is -0.645. The van der Waals surface area contributed by atoms with Crippen LogP contribution in [0.2, 0.25) is 0 Å². The predicted octanol–water partition coefficient (Wildman–Crippen LogP) is 2.60. The average Bonchev–Trinajstić information content (AvgIpc) is 2.46. The molecular weight excluding hydrogens is 284 g/mol. The molecule has 1 aromatic heterocycles. The zero-order valence-corrected chi connectivity index (χ0v) is 12.9. The number of carbonyl (C=O) groups excluding carboxylic acids is 1. The second-order valence-corrected chi connectivity index (χ2v) is 5.79. The highest BCUT2D eigenvalue weighted by Crippen LogP contribution is 2.17. The minimum absolute atomic E-state index is 0.0468. The zero-order chi connectivity index (χ0) is 15.2. The van der Waals surface area contributed by atoms with Crippen LogP contribution in [-0.4, -0.2) is 11.7 Å². The van der Waals surface area contributed by atoms with Gasteiger partial charge >= 0.3 is 0 Å². The molecule has 0 aliphatic rings. The SMILES string of the molecule is Cc1ccccc1C(C)NC(=O)CSc1cccc[n+]1[O-]. The highest BCUT2D eigenvalue weighted by atomic mass is 32.2. The van der Waals surface area contributed by atoms with Crippen molar-refractivity contribution in [2.75, 3.05) is 5.75 Å². The summed E-state index contributed by atoms with van der Waals surface area (Å²) < 4.78 is 0.767. The Labute approximate surface area is 128 Å². The molecule has 1 atom stereocenters. The van der Waals surface area contributed by atoms with Crippen LogP contribution in [0.5, 0.6) is 0 Å². The van der Waals surface area contributed by atoms with Crippen LogP contribution >= 0.6 is 11.8 Å². The molecule has 1 heterocycles. The van der Waals surface area contributed by atoms with Crippen LogP contribution in [0.3, 0.4) is 0 Å². The Hall–Kier alpha value is -2.01. The standard InChI is InChI=1S/C16H18N2O2S/c1-12-7-3-4-8-14(12)13(2)17-15(19)11-21-16-9-5-6-10-18(16)20/h3-10,13H,11H2,1-2H3,(H,17,19). The van der Waals surface area contributed by atoms with Crippen LogP contribution in [0.15, 0.2) is 53.7 Å². The molecule has 0 aliphatic heterocycles. The van der Waals surface area contributed by atoms with Gasteiger partial charge < -0.3 is 10.5 Å². The highest BCUT2D eigenvalue weighted by molar-refractivity contribution is 7.99. The Morgan fingerprint density at radius 1 is 1.29 bits per heavy atom. The maximum Gasteiger partial charge on any atom is 0.251 e. The smallest absolute Gasteiger partial charge is 0.251 e. The number of rotatable bonds is 5. The summed E-state index contributed by atoms with van der Waals surface area (Å²) in [5, 5.41) is 15.0. The van der Waals surface area contributed by atoms with Gasteiger partial charge in [0.15, 0.2) is 6.20 Å². The molecule has 2 rings (SSSR count). The molecule has 0 fully saturated rings. The third-order valence-corrected chi connectivity index (χ3v) is 4.19. The number of nitrogens with zero attached hydrogens (tertiary/aromatic N) is 1. The molecule has 1 amide bonds. The molecule has 1 unspecified atom stereocenters. The summed E-state index contributed by atoms with van der Waals surface area (Å²) in [7, 11) is 0. The first-order valence-electron chi connectivity index (χ1n) is 6.74. The van der Waals surface area contributed by atoms with Gasteiger partial charge in [0.05, 0.1) is 11.8 Å². The van der Waals surface area contributed by atoms with E-state index >= 15 is 0 Å². The number of aryl methyl sites for hydroxylation is 1. The molecule has 0 bridgehead atoms. The summed E-state index contributed by atoms with van der Waals surface area (Å²) in [4.78, 5) is 12.0. The normalized spacial score (nSPS) is 11.9. The van der Waals surface area contributed by atoms with Crippen molar-refractivity contribution in [3.63, 3.8) is 0 Å². The van der Waals surface area contributed by atoms with Crippen molar-refractivity contribution in [1.82, 2.24) is 5.32 Å². The third kappa shape index (κ3) is 4.23. The maximum atomic E-state index is 12.0. The fourth-order valence-electron chi connectivity index (χ4n) is 2.10. The molecule has 0 saturated carbocycles. The fourth-order valence-corrected chi connectivity index (χ4v) is 2.82. The van der Waals surface area contributed by atoms with Gasteiger partial charge in [-0.2, -0.15) is 4.73 Å². The van der Waals surface area contributed by atoms with Crippen LogP contribution in [0.25, 0.3) is 0 Å². The summed E-state index contributed by atoms with van der Waals surface area (Å²) in [6, 6.07) is 13.1. The molecule has 0 saturated heterocycles. The Kier molecular flexibility index (Phi) is 5.22. The van der Waals surface area contributed by atoms with E-state index in [-0.39, 0.29) is 17.7 Å². The van der Waals surface area contributed by atoms with Crippen molar-refractivity contribution in [3.05, 3.63) is 65.0 Å². The van der Waals surface area contributed by atoms with E-state index in [0.717, 1.165) is 15.9 Å². The summed E-state index contributed by atoms with van der Waals surface area (Å²) in [5.74, 6) is 0.141. The van der Waals surface area contributed by atoms with Crippen molar-refractivity contribution >= 4 is 17.7 Å². The minimum atomic E-state index is -0.0837. The van der Waals surface area contributed by atoms with Crippen LogP contribution in [-0.2, 0) is 4.79 Å². The monoisotopic (exact) mass is 302 g/mol. The van der Waals surface area contributed by atoms with Crippen molar-refractivity contribution in [1.29, 1.82) is 0 Å². The molecule has 1 aromatic carbocycles. The van der Waals surface area contributed by atoms with Crippen molar-refractivity contribution in [2.24, 2.45) is 0 Å². The van der Waals surface area contributed by atoms with Gasteiger partial charge in [-0.1, -0.05) is 24.3 Å².